The highest BCUT2D eigenvalue weighted by molar-refractivity contribution is 7.80. The Bertz CT molecular complexity index is 1100. The van der Waals surface area contributed by atoms with Crippen LogP contribution in [-0.2, 0) is 30.4 Å². The van der Waals surface area contributed by atoms with Crippen LogP contribution in [0.5, 0.6) is 0 Å². The van der Waals surface area contributed by atoms with Crippen LogP contribution in [0.2, 0.25) is 0 Å². The largest absolute Gasteiger partial charge is 0.481 e. The monoisotopic (exact) mass is 535 g/mol. The third kappa shape index (κ3) is 8.42. The molecule has 0 aliphatic carbocycles. The maximum atomic E-state index is 12.9. The minimum Gasteiger partial charge on any atom is -0.481 e. The van der Waals surface area contributed by atoms with Gasteiger partial charge < -0.3 is 37.6 Å². The summed E-state index contributed by atoms with van der Waals surface area (Å²) in [5.41, 5.74) is 12.0. The molecular formula is C22H29N7O7S. The molecule has 1 unspecified atom stereocenters. The number of benzene rings is 1. The zero-order valence-corrected chi connectivity index (χ0v) is 20.9. The maximum Gasteiger partial charge on any atom is 0.326 e. The van der Waals surface area contributed by atoms with Crippen molar-refractivity contribution in [2.24, 2.45) is 22.4 Å². The number of thiocarbonyl (C=S) groups is 1. The number of aliphatic carboxylic acids is 2. The van der Waals surface area contributed by atoms with E-state index in [9.17, 15) is 29.1 Å². The Labute approximate surface area is 217 Å². The van der Waals surface area contributed by atoms with E-state index in [1.807, 2.05) is 0 Å². The Kier molecular flexibility index (Phi) is 9.88. The fourth-order valence-electron chi connectivity index (χ4n) is 3.49. The number of hydrogen-bond donors (Lipinski definition) is 7. The van der Waals surface area contributed by atoms with Crippen molar-refractivity contribution < 1.29 is 34.2 Å². The lowest BCUT2D eigenvalue weighted by Crippen LogP contribution is -2.55. The van der Waals surface area contributed by atoms with Gasteiger partial charge in [-0.3, -0.25) is 24.1 Å². The molecule has 15 heteroatoms. The number of amides is 3. The number of aliphatic imine (C=N–C) groups is 1. The Morgan fingerprint density at radius 3 is 2.27 bits per heavy atom. The van der Waals surface area contributed by atoms with E-state index in [1.165, 1.54) is 0 Å². The Hall–Kier alpha value is -4.27. The van der Waals surface area contributed by atoms with Crippen molar-refractivity contribution in [1.82, 2.24) is 20.9 Å². The molecule has 0 saturated carbocycles. The van der Waals surface area contributed by atoms with Gasteiger partial charge in [0.25, 0.3) is 5.91 Å². The lowest BCUT2D eigenvalue weighted by atomic mass is 10.0. The van der Waals surface area contributed by atoms with Gasteiger partial charge in [0, 0.05) is 6.42 Å². The highest BCUT2D eigenvalue weighted by atomic mass is 32.1. The van der Waals surface area contributed by atoms with E-state index < -0.39 is 66.7 Å². The van der Waals surface area contributed by atoms with Crippen LogP contribution >= 0.6 is 12.2 Å². The highest BCUT2D eigenvalue weighted by Gasteiger charge is 2.37. The van der Waals surface area contributed by atoms with Gasteiger partial charge in [0.15, 0.2) is 11.1 Å². The summed E-state index contributed by atoms with van der Waals surface area (Å²) in [7, 11) is 0. The van der Waals surface area contributed by atoms with Crippen molar-refractivity contribution >= 4 is 58.6 Å². The predicted molar refractivity (Wildman–Crippen MR) is 135 cm³/mol. The zero-order chi connectivity index (χ0) is 27.9. The number of nitrogens with two attached hydrogens (primary N) is 2. The third-order valence-electron chi connectivity index (χ3n) is 5.30. The highest BCUT2D eigenvalue weighted by Crippen LogP contribution is 2.17. The summed E-state index contributed by atoms with van der Waals surface area (Å²) in [6.45, 7) is 2.55. The van der Waals surface area contributed by atoms with Crippen molar-refractivity contribution in [2.45, 2.75) is 44.8 Å². The van der Waals surface area contributed by atoms with Crippen LogP contribution in [-0.4, -0.2) is 80.5 Å². The first kappa shape index (κ1) is 29.0. The van der Waals surface area contributed by atoms with Crippen LogP contribution in [0, 0.1) is 5.92 Å². The molecule has 1 aromatic carbocycles. The van der Waals surface area contributed by atoms with Gasteiger partial charge >= 0.3 is 11.9 Å². The van der Waals surface area contributed by atoms with E-state index in [4.69, 9.17) is 28.8 Å². The van der Waals surface area contributed by atoms with E-state index in [1.54, 1.807) is 38.1 Å². The molecule has 0 bridgehead atoms. The van der Waals surface area contributed by atoms with Crippen LogP contribution in [0.15, 0.2) is 29.3 Å². The molecule has 2 rings (SSSR count). The molecule has 37 heavy (non-hydrogen) atoms. The average molecular weight is 536 g/mol. The van der Waals surface area contributed by atoms with E-state index in [0.29, 0.717) is 5.69 Å². The van der Waals surface area contributed by atoms with Crippen LogP contribution in [0.1, 0.15) is 25.8 Å². The number of rotatable bonds is 12. The predicted octanol–water partition coefficient (Wildman–Crippen LogP) is -1.60. The molecule has 0 aromatic heterocycles. The third-order valence-corrected chi connectivity index (χ3v) is 5.64. The fraction of sp³-hybridized carbons (Fsp3) is 0.409. The summed E-state index contributed by atoms with van der Waals surface area (Å²) in [6, 6.07) is 3.18. The molecule has 200 valence electrons. The number of carbonyl (C=O) groups is 5. The Morgan fingerprint density at radius 1 is 1.14 bits per heavy atom. The standard InChI is InChI=1S/C22H29N7O7S/c1-10(2)17(20(35)36)28-18(33)13(8-16(31)32)26-15(30)9-29-19(34)14(27-22(29)37)7-11-3-5-12(6-4-11)25-21(23)24/h3-6,10,13-14,17H,7-9H2,1-2H3,(H,26,30)(H,27,37)(H,28,33)(H,31,32)(H,35,36)(H4,23,24,25)/t13-,14?,17-/m0/s1. The maximum absolute atomic E-state index is 12.9. The van der Waals surface area contributed by atoms with Gasteiger partial charge in [0.1, 0.15) is 24.7 Å². The molecule has 1 aromatic rings. The van der Waals surface area contributed by atoms with Gasteiger partial charge in [-0.1, -0.05) is 26.0 Å². The van der Waals surface area contributed by atoms with Gasteiger partial charge in [0.2, 0.25) is 11.8 Å². The second-order valence-electron chi connectivity index (χ2n) is 8.62. The lowest BCUT2D eigenvalue weighted by molar-refractivity contribution is -0.144. The van der Waals surface area contributed by atoms with Gasteiger partial charge in [0.05, 0.1) is 12.1 Å². The minimum absolute atomic E-state index is 0.00717. The van der Waals surface area contributed by atoms with E-state index in [2.05, 4.69) is 20.9 Å². The first-order valence-electron chi connectivity index (χ1n) is 11.1. The molecule has 0 spiro atoms. The van der Waals surface area contributed by atoms with Crippen LogP contribution in [0.4, 0.5) is 5.69 Å². The number of carboxylic acids is 2. The lowest BCUT2D eigenvalue weighted by Gasteiger charge is -2.23. The zero-order valence-electron chi connectivity index (χ0n) is 20.1. The van der Waals surface area contributed by atoms with E-state index in [0.717, 1.165) is 10.5 Å². The number of carboxylic acid groups (broad SMARTS) is 2. The Morgan fingerprint density at radius 2 is 1.76 bits per heavy atom. The van der Waals surface area contributed by atoms with Gasteiger partial charge in [-0.2, -0.15) is 0 Å². The molecule has 3 amide bonds. The van der Waals surface area contributed by atoms with Crippen LogP contribution in [0.25, 0.3) is 0 Å². The smallest absolute Gasteiger partial charge is 0.326 e. The molecule has 1 fully saturated rings. The fourth-order valence-corrected chi connectivity index (χ4v) is 3.79. The van der Waals surface area contributed by atoms with Gasteiger partial charge in [-0.15, -0.1) is 0 Å². The molecule has 1 heterocycles. The number of nitrogens with one attached hydrogen (secondary N) is 3. The van der Waals surface area contributed by atoms with Crippen LogP contribution < -0.4 is 27.4 Å². The second-order valence-corrected chi connectivity index (χ2v) is 9.01. The molecular weight excluding hydrogens is 506 g/mol. The summed E-state index contributed by atoms with van der Waals surface area (Å²) < 4.78 is 0. The second kappa shape index (κ2) is 12.6. The number of guanidine groups is 1. The Balaban J connectivity index is 2.04. The molecule has 3 atom stereocenters. The first-order chi connectivity index (χ1) is 17.3. The molecule has 1 aliphatic rings. The summed E-state index contributed by atoms with van der Waals surface area (Å²) in [5.74, 6) is -5.60. The summed E-state index contributed by atoms with van der Waals surface area (Å²) in [4.78, 5) is 65.5. The molecule has 1 aliphatic heterocycles. The molecule has 0 radical (unpaired) electrons. The van der Waals surface area contributed by atoms with Crippen molar-refractivity contribution in [2.75, 3.05) is 6.54 Å². The average Bonchev–Trinajstić information content (AvgIpc) is 3.04. The number of carbonyl (C=O) groups excluding carboxylic acids is 3. The van der Waals surface area contributed by atoms with Gasteiger partial charge in [-0.05, 0) is 35.8 Å². The quantitative estimate of drug-likeness (QED) is 0.0915. The normalized spacial score (nSPS) is 16.5. The number of nitrogens with zero attached hydrogens (tertiary/aromatic N) is 2. The summed E-state index contributed by atoms with van der Waals surface area (Å²) in [6.07, 6.45) is -0.549. The topological polar surface area (TPSA) is 230 Å². The van der Waals surface area contributed by atoms with E-state index in [-0.39, 0.29) is 17.5 Å². The first-order valence-corrected chi connectivity index (χ1v) is 11.5. The van der Waals surface area contributed by atoms with Crippen molar-refractivity contribution in [3.05, 3.63) is 29.8 Å². The number of hydrogen-bond acceptors (Lipinski definition) is 7. The van der Waals surface area contributed by atoms with Gasteiger partial charge in [-0.25, -0.2) is 9.79 Å². The van der Waals surface area contributed by atoms with E-state index >= 15 is 0 Å². The molecule has 9 N–H and O–H groups in total. The SMILES string of the molecule is CC(C)[C@H](NC(=O)[C@H](CC(=O)O)NC(=O)CN1C(=O)C(Cc2ccc(N=C(N)N)cc2)NC1=S)C(=O)O. The molecule has 1 saturated heterocycles. The minimum atomic E-state index is -1.57. The van der Waals surface area contributed by atoms with Crippen molar-refractivity contribution in [3.8, 4) is 0 Å². The van der Waals surface area contributed by atoms with Crippen molar-refractivity contribution in [3.63, 3.8) is 0 Å². The van der Waals surface area contributed by atoms with Crippen LogP contribution in [0.3, 0.4) is 0 Å². The summed E-state index contributed by atoms with van der Waals surface area (Å²) >= 11 is 5.18. The summed E-state index contributed by atoms with van der Waals surface area (Å²) in [5, 5.41) is 25.7. The van der Waals surface area contributed by atoms with Crippen molar-refractivity contribution in [1.29, 1.82) is 0 Å². The molecule has 14 nitrogen and oxygen atoms in total.